The van der Waals surface area contributed by atoms with Gasteiger partial charge in [-0.05, 0) is 35.9 Å². The molecular formula is C23H20ClN5O3. The van der Waals surface area contributed by atoms with Crippen molar-refractivity contribution in [3.8, 4) is 23.0 Å². The number of nitrogens with zero attached hydrogens (tertiary/aromatic N) is 4. The average Bonchev–Trinajstić information content (AvgIpc) is 3.25. The molecule has 1 amide bonds. The van der Waals surface area contributed by atoms with E-state index in [-0.39, 0.29) is 12.5 Å². The van der Waals surface area contributed by atoms with Gasteiger partial charge in [-0.15, -0.1) is 15.3 Å². The van der Waals surface area contributed by atoms with Crippen molar-refractivity contribution in [2.75, 3.05) is 20.3 Å². The lowest BCUT2D eigenvalue weighted by atomic mass is 10.2. The number of hydrogen-bond acceptors (Lipinski definition) is 6. The summed E-state index contributed by atoms with van der Waals surface area (Å²) < 4.78 is 12.6. The van der Waals surface area contributed by atoms with Crippen LogP contribution in [-0.4, -0.2) is 46.0 Å². The maximum Gasteiger partial charge on any atom is 0.244 e. The Labute approximate surface area is 189 Å². The van der Waals surface area contributed by atoms with Gasteiger partial charge in [0.05, 0.1) is 13.7 Å². The monoisotopic (exact) mass is 449 g/mol. The molecule has 0 bridgehead atoms. The van der Waals surface area contributed by atoms with E-state index < -0.39 is 0 Å². The predicted molar refractivity (Wildman–Crippen MR) is 122 cm³/mol. The van der Waals surface area contributed by atoms with Crippen molar-refractivity contribution in [2.45, 2.75) is 0 Å². The molecule has 0 atom stereocenters. The van der Waals surface area contributed by atoms with E-state index in [2.05, 4.69) is 20.6 Å². The summed E-state index contributed by atoms with van der Waals surface area (Å²) in [5, 5.41) is 16.2. The zero-order valence-electron chi connectivity index (χ0n) is 17.2. The Balaban J connectivity index is 1.35. The maximum absolute atomic E-state index is 12.0. The van der Waals surface area contributed by atoms with Crippen LogP contribution < -0.4 is 14.8 Å². The number of rotatable bonds is 8. The molecule has 0 aliphatic heterocycles. The van der Waals surface area contributed by atoms with Gasteiger partial charge in [-0.25, -0.2) is 0 Å². The van der Waals surface area contributed by atoms with Crippen LogP contribution in [0.25, 0.3) is 23.1 Å². The number of methoxy groups -OCH3 is 1. The Morgan fingerprint density at radius 2 is 2.00 bits per heavy atom. The number of benzene rings is 2. The van der Waals surface area contributed by atoms with Gasteiger partial charge in [-0.3, -0.25) is 4.79 Å². The fraction of sp³-hybridized carbons (Fsp3) is 0.130. The first-order valence-corrected chi connectivity index (χ1v) is 10.2. The van der Waals surface area contributed by atoms with Gasteiger partial charge in [-0.1, -0.05) is 41.9 Å². The normalized spacial score (nSPS) is 11.1. The van der Waals surface area contributed by atoms with Crippen LogP contribution in [-0.2, 0) is 4.79 Å². The molecule has 9 heteroatoms. The molecule has 2 heterocycles. The highest BCUT2D eigenvalue weighted by molar-refractivity contribution is 6.32. The lowest BCUT2D eigenvalue weighted by Gasteiger charge is -2.07. The van der Waals surface area contributed by atoms with Crippen LogP contribution in [0.5, 0.6) is 11.6 Å². The number of aromatic nitrogens is 4. The molecule has 0 aliphatic carbocycles. The molecule has 4 rings (SSSR count). The second-order valence-electron chi connectivity index (χ2n) is 6.69. The largest absolute Gasteiger partial charge is 0.497 e. The van der Waals surface area contributed by atoms with Gasteiger partial charge < -0.3 is 14.8 Å². The SMILES string of the molecule is COc1cccc(-c2nnc3ccc(OCCNC(=O)/C=C/c4ccccc4Cl)nn23)c1. The van der Waals surface area contributed by atoms with Crippen LogP contribution in [0, 0.1) is 0 Å². The van der Waals surface area contributed by atoms with Gasteiger partial charge in [0, 0.05) is 22.7 Å². The smallest absolute Gasteiger partial charge is 0.244 e. The molecule has 1 N–H and O–H groups in total. The molecule has 0 saturated heterocycles. The minimum atomic E-state index is -0.240. The minimum Gasteiger partial charge on any atom is -0.497 e. The molecule has 0 fully saturated rings. The molecule has 4 aromatic rings. The number of carbonyl (C=O) groups is 1. The Morgan fingerprint density at radius 1 is 1.12 bits per heavy atom. The molecule has 0 aliphatic rings. The Bertz CT molecular complexity index is 1270. The minimum absolute atomic E-state index is 0.240. The maximum atomic E-state index is 12.0. The molecule has 8 nitrogen and oxygen atoms in total. The lowest BCUT2D eigenvalue weighted by molar-refractivity contribution is -0.116. The van der Waals surface area contributed by atoms with Crippen LogP contribution in [0.4, 0.5) is 0 Å². The molecule has 0 radical (unpaired) electrons. The summed E-state index contributed by atoms with van der Waals surface area (Å²) in [5.41, 5.74) is 2.19. The standard InChI is InChI=1S/C23H20ClN5O3/c1-31-18-7-4-6-17(15-18)23-27-26-20-10-12-22(28-29(20)23)32-14-13-25-21(30)11-9-16-5-2-3-8-19(16)24/h2-12,15H,13-14H2,1H3,(H,25,30)/b11-9+. The lowest BCUT2D eigenvalue weighted by Crippen LogP contribution is -2.26. The summed E-state index contributed by atoms with van der Waals surface area (Å²) in [7, 11) is 1.61. The van der Waals surface area contributed by atoms with E-state index in [9.17, 15) is 4.79 Å². The molecular weight excluding hydrogens is 430 g/mol. The fourth-order valence-electron chi connectivity index (χ4n) is 2.96. The summed E-state index contributed by atoms with van der Waals surface area (Å²) in [4.78, 5) is 12.0. The second-order valence-corrected chi connectivity index (χ2v) is 7.10. The zero-order valence-corrected chi connectivity index (χ0v) is 18.0. The van der Waals surface area contributed by atoms with E-state index >= 15 is 0 Å². The summed E-state index contributed by atoms with van der Waals surface area (Å²) in [5.74, 6) is 1.44. The molecule has 0 spiro atoms. The quantitative estimate of drug-likeness (QED) is 0.326. The number of fused-ring (bicyclic) bond motifs is 1. The molecule has 2 aromatic carbocycles. The summed E-state index contributed by atoms with van der Waals surface area (Å²) in [6.07, 6.45) is 3.10. The van der Waals surface area contributed by atoms with Crippen molar-refractivity contribution in [3.63, 3.8) is 0 Å². The van der Waals surface area contributed by atoms with Crippen LogP contribution >= 0.6 is 11.6 Å². The summed E-state index contributed by atoms with van der Waals surface area (Å²) in [6, 6.07) is 18.3. The third-order valence-electron chi connectivity index (χ3n) is 4.54. The molecule has 2 aromatic heterocycles. The van der Waals surface area contributed by atoms with Crippen molar-refractivity contribution >= 4 is 29.2 Å². The highest BCUT2D eigenvalue weighted by Gasteiger charge is 2.11. The van der Waals surface area contributed by atoms with E-state index in [1.54, 1.807) is 35.9 Å². The van der Waals surface area contributed by atoms with Crippen LogP contribution in [0.3, 0.4) is 0 Å². The van der Waals surface area contributed by atoms with Crippen LogP contribution in [0.2, 0.25) is 5.02 Å². The third kappa shape index (κ3) is 5.04. The first-order valence-electron chi connectivity index (χ1n) is 9.84. The van der Waals surface area contributed by atoms with E-state index in [4.69, 9.17) is 21.1 Å². The van der Waals surface area contributed by atoms with Crippen molar-refractivity contribution in [1.82, 2.24) is 25.1 Å². The van der Waals surface area contributed by atoms with Crippen LogP contribution in [0.15, 0.2) is 66.7 Å². The summed E-state index contributed by atoms with van der Waals surface area (Å²) >= 11 is 6.07. The molecule has 0 unspecified atom stereocenters. The van der Waals surface area contributed by atoms with Crippen molar-refractivity contribution in [1.29, 1.82) is 0 Å². The molecule has 0 saturated carbocycles. The van der Waals surface area contributed by atoms with E-state index in [1.165, 1.54) is 6.08 Å². The number of halogens is 1. The van der Waals surface area contributed by atoms with E-state index in [0.29, 0.717) is 34.7 Å². The number of carbonyl (C=O) groups excluding carboxylic acids is 1. The second kappa shape index (κ2) is 9.93. The first kappa shape index (κ1) is 21.3. The number of hydrogen-bond donors (Lipinski definition) is 1. The highest BCUT2D eigenvalue weighted by Crippen LogP contribution is 2.23. The van der Waals surface area contributed by atoms with E-state index in [1.807, 2.05) is 42.5 Å². The molecule has 32 heavy (non-hydrogen) atoms. The number of ether oxygens (including phenoxy) is 2. The van der Waals surface area contributed by atoms with Crippen molar-refractivity contribution in [3.05, 3.63) is 77.3 Å². The number of nitrogens with one attached hydrogen (secondary N) is 1. The third-order valence-corrected chi connectivity index (χ3v) is 4.88. The average molecular weight is 450 g/mol. The van der Waals surface area contributed by atoms with Gasteiger partial charge in [0.2, 0.25) is 11.8 Å². The predicted octanol–water partition coefficient (Wildman–Crippen LogP) is 3.66. The molecule has 162 valence electrons. The van der Waals surface area contributed by atoms with E-state index in [0.717, 1.165) is 11.1 Å². The Kier molecular flexibility index (Phi) is 6.62. The van der Waals surface area contributed by atoms with Gasteiger partial charge in [0.15, 0.2) is 11.5 Å². The van der Waals surface area contributed by atoms with Gasteiger partial charge >= 0.3 is 0 Å². The Morgan fingerprint density at radius 3 is 2.84 bits per heavy atom. The van der Waals surface area contributed by atoms with Gasteiger partial charge in [0.1, 0.15) is 12.4 Å². The zero-order chi connectivity index (χ0) is 22.3. The number of amides is 1. The fourth-order valence-corrected chi connectivity index (χ4v) is 3.15. The van der Waals surface area contributed by atoms with Crippen molar-refractivity contribution in [2.24, 2.45) is 0 Å². The topological polar surface area (TPSA) is 90.6 Å². The highest BCUT2D eigenvalue weighted by atomic mass is 35.5. The Hall–Kier alpha value is -3.91. The first-order chi connectivity index (χ1) is 15.6. The van der Waals surface area contributed by atoms with Crippen LogP contribution in [0.1, 0.15) is 5.56 Å². The van der Waals surface area contributed by atoms with Gasteiger partial charge in [-0.2, -0.15) is 4.52 Å². The van der Waals surface area contributed by atoms with Gasteiger partial charge in [0.25, 0.3) is 0 Å². The van der Waals surface area contributed by atoms with Crippen molar-refractivity contribution < 1.29 is 14.3 Å². The summed E-state index contributed by atoms with van der Waals surface area (Å²) in [6.45, 7) is 0.567.